The lowest BCUT2D eigenvalue weighted by atomic mass is 9.85. The third-order valence-corrected chi connectivity index (χ3v) is 3.27. The van der Waals surface area contributed by atoms with E-state index < -0.39 is 11.6 Å². The molecule has 0 bridgehead atoms. The Kier molecular flexibility index (Phi) is 3.91. The third kappa shape index (κ3) is 3.04. The van der Waals surface area contributed by atoms with Crippen LogP contribution >= 0.6 is 0 Å². The van der Waals surface area contributed by atoms with Crippen LogP contribution in [0.3, 0.4) is 0 Å². The highest BCUT2D eigenvalue weighted by atomic mass is 19.2. The lowest BCUT2D eigenvalue weighted by Crippen LogP contribution is -2.34. The molecule has 0 saturated heterocycles. The molecule has 18 heavy (non-hydrogen) atoms. The largest absolute Gasteiger partial charge is 0.328 e. The molecule has 1 aromatic carbocycles. The Morgan fingerprint density at radius 3 is 2.72 bits per heavy atom. The van der Waals surface area contributed by atoms with Crippen LogP contribution in [0.25, 0.3) is 0 Å². The van der Waals surface area contributed by atoms with Crippen LogP contribution in [0.1, 0.15) is 25.7 Å². The van der Waals surface area contributed by atoms with Crippen LogP contribution in [0.4, 0.5) is 14.5 Å². The number of halogens is 2. The van der Waals surface area contributed by atoms with Gasteiger partial charge in [0.25, 0.3) is 0 Å². The van der Waals surface area contributed by atoms with Crippen molar-refractivity contribution in [2.75, 3.05) is 5.32 Å². The van der Waals surface area contributed by atoms with Crippen molar-refractivity contribution >= 4 is 11.6 Å². The van der Waals surface area contributed by atoms with E-state index in [1.165, 1.54) is 6.07 Å². The van der Waals surface area contributed by atoms with Gasteiger partial charge >= 0.3 is 0 Å². The van der Waals surface area contributed by atoms with Gasteiger partial charge in [-0.15, -0.1) is 0 Å². The molecule has 0 aromatic heterocycles. The zero-order valence-corrected chi connectivity index (χ0v) is 9.96. The molecule has 0 spiro atoms. The molecule has 1 aliphatic carbocycles. The minimum Gasteiger partial charge on any atom is -0.328 e. The SMILES string of the molecule is NC1CCCC(C(=O)Nc2ccc(F)c(F)c2)C1. The fourth-order valence-electron chi connectivity index (χ4n) is 2.28. The van der Waals surface area contributed by atoms with Gasteiger partial charge in [-0.3, -0.25) is 4.79 Å². The van der Waals surface area contributed by atoms with Crippen molar-refractivity contribution in [3.05, 3.63) is 29.8 Å². The molecule has 2 unspecified atom stereocenters. The first kappa shape index (κ1) is 13.0. The normalized spacial score (nSPS) is 23.7. The van der Waals surface area contributed by atoms with Gasteiger partial charge in [-0.25, -0.2) is 8.78 Å². The van der Waals surface area contributed by atoms with Gasteiger partial charge in [-0.05, 0) is 31.4 Å². The van der Waals surface area contributed by atoms with Crippen LogP contribution in [0.2, 0.25) is 0 Å². The smallest absolute Gasteiger partial charge is 0.227 e. The van der Waals surface area contributed by atoms with Gasteiger partial charge in [0, 0.05) is 23.7 Å². The molecule has 0 radical (unpaired) electrons. The van der Waals surface area contributed by atoms with Crippen LogP contribution in [-0.2, 0) is 4.79 Å². The van der Waals surface area contributed by atoms with Gasteiger partial charge in [-0.2, -0.15) is 0 Å². The van der Waals surface area contributed by atoms with E-state index in [-0.39, 0.29) is 23.6 Å². The van der Waals surface area contributed by atoms with Crippen molar-refractivity contribution < 1.29 is 13.6 Å². The zero-order chi connectivity index (χ0) is 13.1. The van der Waals surface area contributed by atoms with E-state index in [9.17, 15) is 13.6 Å². The van der Waals surface area contributed by atoms with Gasteiger partial charge in [0.15, 0.2) is 11.6 Å². The Morgan fingerprint density at radius 2 is 2.06 bits per heavy atom. The molecule has 3 N–H and O–H groups in total. The lowest BCUT2D eigenvalue weighted by molar-refractivity contribution is -0.120. The summed E-state index contributed by atoms with van der Waals surface area (Å²) >= 11 is 0. The highest BCUT2D eigenvalue weighted by molar-refractivity contribution is 5.92. The second kappa shape index (κ2) is 5.44. The summed E-state index contributed by atoms with van der Waals surface area (Å²) in [6.45, 7) is 0. The number of nitrogens with one attached hydrogen (secondary N) is 1. The number of anilines is 1. The van der Waals surface area contributed by atoms with Gasteiger partial charge in [0.05, 0.1) is 0 Å². The molecule has 3 nitrogen and oxygen atoms in total. The molecular weight excluding hydrogens is 238 g/mol. The number of carbonyl (C=O) groups is 1. The number of hydrogen-bond acceptors (Lipinski definition) is 2. The molecular formula is C13H16F2N2O. The Hall–Kier alpha value is -1.49. The van der Waals surface area contributed by atoms with Crippen LogP contribution in [0, 0.1) is 17.6 Å². The fraction of sp³-hybridized carbons (Fsp3) is 0.462. The Balaban J connectivity index is 2.00. The number of nitrogens with two attached hydrogens (primary N) is 1. The van der Waals surface area contributed by atoms with Gasteiger partial charge < -0.3 is 11.1 Å². The average Bonchev–Trinajstić information content (AvgIpc) is 2.34. The Morgan fingerprint density at radius 1 is 1.28 bits per heavy atom. The van der Waals surface area contributed by atoms with Crippen LogP contribution in [0.5, 0.6) is 0 Å². The summed E-state index contributed by atoms with van der Waals surface area (Å²) < 4.78 is 25.7. The van der Waals surface area contributed by atoms with E-state index in [4.69, 9.17) is 5.73 Å². The fourth-order valence-corrected chi connectivity index (χ4v) is 2.28. The van der Waals surface area contributed by atoms with Gasteiger partial charge in [0.2, 0.25) is 5.91 Å². The van der Waals surface area contributed by atoms with Gasteiger partial charge in [-0.1, -0.05) is 6.42 Å². The summed E-state index contributed by atoms with van der Waals surface area (Å²) in [6, 6.07) is 3.38. The van der Waals surface area contributed by atoms with Crippen molar-refractivity contribution in [3.63, 3.8) is 0 Å². The maximum absolute atomic E-state index is 13.0. The predicted molar refractivity (Wildman–Crippen MR) is 64.9 cm³/mol. The van der Waals surface area contributed by atoms with E-state index in [0.29, 0.717) is 6.42 Å². The molecule has 1 amide bonds. The topological polar surface area (TPSA) is 55.1 Å². The molecule has 1 fully saturated rings. The number of carbonyl (C=O) groups excluding carboxylic acids is 1. The summed E-state index contributed by atoms with van der Waals surface area (Å²) in [7, 11) is 0. The average molecular weight is 254 g/mol. The maximum Gasteiger partial charge on any atom is 0.227 e. The van der Waals surface area contributed by atoms with E-state index in [2.05, 4.69) is 5.32 Å². The summed E-state index contributed by atoms with van der Waals surface area (Å²) in [6.07, 6.45) is 3.31. The number of rotatable bonds is 2. The molecule has 1 saturated carbocycles. The van der Waals surface area contributed by atoms with Crippen molar-refractivity contribution in [1.82, 2.24) is 0 Å². The van der Waals surface area contributed by atoms with E-state index >= 15 is 0 Å². The molecule has 98 valence electrons. The molecule has 2 rings (SSSR count). The first-order valence-corrected chi connectivity index (χ1v) is 6.08. The first-order chi connectivity index (χ1) is 8.56. The highest BCUT2D eigenvalue weighted by Crippen LogP contribution is 2.24. The summed E-state index contributed by atoms with van der Waals surface area (Å²) in [5, 5.41) is 2.60. The highest BCUT2D eigenvalue weighted by Gasteiger charge is 2.25. The van der Waals surface area contributed by atoms with Crippen molar-refractivity contribution in [3.8, 4) is 0 Å². The number of hydrogen-bond donors (Lipinski definition) is 2. The number of benzene rings is 1. The maximum atomic E-state index is 13.0. The Bertz CT molecular complexity index is 451. The van der Waals surface area contributed by atoms with Crippen LogP contribution in [-0.4, -0.2) is 11.9 Å². The minimum absolute atomic E-state index is 0.0550. The summed E-state index contributed by atoms with van der Waals surface area (Å²) in [4.78, 5) is 11.9. The molecule has 0 aliphatic heterocycles. The van der Waals surface area contributed by atoms with Crippen molar-refractivity contribution in [2.45, 2.75) is 31.7 Å². The lowest BCUT2D eigenvalue weighted by Gasteiger charge is -2.25. The van der Waals surface area contributed by atoms with Gasteiger partial charge in [0.1, 0.15) is 0 Å². The predicted octanol–water partition coefficient (Wildman–Crippen LogP) is 2.42. The molecule has 1 aliphatic rings. The molecule has 2 atom stereocenters. The summed E-state index contributed by atoms with van der Waals surface area (Å²) in [5.41, 5.74) is 6.09. The number of amides is 1. The second-order valence-electron chi connectivity index (χ2n) is 4.74. The summed E-state index contributed by atoms with van der Waals surface area (Å²) in [5.74, 6) is -2.20. The second-order valence-corrected chi connectivity index (χ2v) is 4.74. The Labute approximate surface area is 104 Å². The van der Waals surface area contributed by atoms with E-state index in [1.807, 2.05) is 0 Å². The van der Waals surface area contributed by atoms with Crippen LogP contribution < -0.4 is 11.1 Å². The molecule has 0 heterocycles. The van der Waals surface area contributed by atoms with E-state index in [1.54, 1.807) is 0 Å². The monoisotopic (exact) mass is 254 g/mol. The standard InChI is InChI=1S/C13H16F2N2O/c14-11-5-4-10(7-12(11)15)17-13(18)8-2-1-3-9(16)6-8/h4-5,7-9H,1-3,6,16H2,(H,17,18). The van der Waals surface area contributed by atoms with Crippen LogP contribution in [0.15, 0.2) is 18.2 Å². The van der Waals surface area contributed by atoms with Crippen molar-refractivity contribution in [1.29, 1.82) is 0 Å². The quantitative estimate of drug-likeness (QED) is 0.851. The molecule has 1 aromatic rings. The zero-order valence-electron chi connectivity index (χ0n) is 9.96. The first-order valence-electron chi connectivity index (χ1n) is 6.08. The van der Waals surface area contributed by atoms with Crippen molar-refractivity contribution in [2.24, 2.45) is 11.7 Å². The van der Waals surface area contributed by atoms with E-state index in [0.717, 1.165) is 31.4 Å². The third-order valence-electron chi connectivity index (χ3n) is 3.27. The minimum atomic E-state index is -0.965. The molecule has 5 heteroatoms.